The number of benzene rings is 2. The van der Waals surface area contributed by atoms with Crippen molar-refractivity contribution in [3.05, 3.63) is 64.8 Å². The van der Waals surface area contributed by atoms with Crippen LogP contribution in [0.4, 0.5) is 10.5 Å². The molecule has 0 saturated heterocycles. The van der Waals surface area contributed by atoms with Crippen molar-refractivity contribution in [1.82, 2.24) is 15.1 Å². The van der Waals surface area contributed by atoms with Crippen molar-refractivity contribution in [1.29, 1.82) is 0 Å². The number of hydrogen-bond donors (Lipinski definition) is 3. The zero-order chi connectivity index (χ0) is 22.0. The molecule has 1 heterocycles. The summed E-state index contributed by atoms with van der Waals surface area (Å²) in [6, 6.07) is 13.0. The van der Waals surface area contributed by atoms with Gasteiger partial charge in [0.15, 0.2) is 0 Å². The number of rotatable bonds is 5. The number of nitrogens with one attached hydrogen (secondary N) is 2. The second-order valence-corrected chi connectivity index (χ2v) is 7.90. The van der Waals surface area contributed by atoms with Crippen LogP contribution in [0.5, 0.6) is 5.75 Å². The molecule has 0 aliphatic heterocycles. The van der Waals surface area contributed by atoms with Gasteiger partial charge in [-0.05, 0) is 56.2 Å². The number of hydrogen-bond acceptors (Lipinski definition) is 4. The third-order valence-electron chi connectivity index (χ3n) is 5.43. The third-order valence-corrected chi connectivity index (χ3v) is 5.76. The minimum atomic E-state index is -0.356. The smallest absolute Gasteiger partial charge is 0.342 e. The molecule has 0 bridgehead atoms. The molecule has 0 radical (unpaired) electrons. The fourth-order valence-electron chi connectivity index (χ4n) is 3.57. The van der Waals surface area contributed by atoms with Crippen molar-refractivity contribution >= 4 is 29.2 Å². The molecule has 3 aromatic rings. The maximum Gasteiger partial charge on any atom is 0.342 e. The van der Waals surface area contributed by atoms with E-state index in [0.29, 0.717) is 34.1 Å². The molecule has 7 nitrogen and oxygen atoms in total. The van der Waals surface area contributed by atoms with Gasteiger partial charge < -0.3 is 15.7 Å². The number of carbonyl (C=O) groups is 2. The maximum absolute atomic E-state index is 12.6. The standard InChI is InChI=1S/C23H23ClN4O3/c1-2-25-23(31)28-20(14-6-5-7-14)13-19(27-28)17-12-15(10-11-21(17)29)26-22(30)16-8-3-4-9-18(16)24/h3-4,8-14,29H,2,5-7H2,1H3,(H,25,31)(H,26,30). The number of carbonyl (C=O) groups excluding carboxylic acids is 2. The summed E-state index contributed by atoms with van der Waals surface area (Å²) in [7, 11) is 0. The fourth-order valence-corrected chi connectivity index (χ4v) is 3.80. The number of aromatic hydroxyl groups is 1. The molecule has 1 fully saturated rings. The molecular formula is C23H23ClN4O3. The van der Waals surface area contributed by atoms with E-state index < -0.39 is 0 Å². The first kappa shape index (κ1) is 20.9. The molecule has 0 unspecified atom stereocenters. The van der Waals surface area contributed by atoms with E-state index in [-0.39, 0.29) is 23.6 Å². The van der Waals surface area contributed by atoms with Gasteiger partial charge in [0.1, 0.15) is 5.75 Å². The molecule has 4 rings (SSSR count). The molecule has 2 amide bonds. The molecule has 3 N–H and O–H groups in total. The summed E-state index contributed by atoms with van der Waals surface area (Å²) in [6.07, 6.45) is 3.13. The van der Waals surface area contributed by atoms with Crippen LogP contribution in [0.1, 0.15) is 48.2 Å². The van der Waals surface area contributed by atoms with E-state index in [1.807, 2.05) is 13.0 Å². The van der Waals surface area contributed by atoms with Crippen LogP contribution >= 0.6 is 11.6 Å². The molecule has 160 valence electrons. The van der Waals surface area contributed by atoms with Crippen molar-refractivity contribution in [2.24, 2.45) is 0 Å². The van der Waals surface area contributed by atoms with E-state index >= 15 is 0 Å². The average Bonchev–Trinajstić information content (AvgIpc) is 3.13. The Bertz CT molecular complexity index is 1140. The molecule has 31 heavy (non-hydrogen) atoms. The van der Waals surface area contributed by atoms with Crippen LogP contribution in [0.3, 0.4) is 0 Å². The number of anilines is 1. The predicted molar refractivity (Wildman–Crippen MR) is 120 cm³/mol. The minimum Gasteiger partial charge on any atom is -0.507 e. The molecule has 8 heteroatoms. The van der Waals surface area contributed by atoms with E-state index in [2.05, 4.69) is 15.7 Å². The normalized spacial score (nSPS) is 13.5. The number of halogens is 1. The quantitative estimate of drug-likeness (QED) is 0.488. The van der Waals surface area contributed by atoms with Gasteiger partial charge in [-0.2, -0.15) is 9.78 Å². The molecule has 1 aliphatic carbocycles. The summed E-state index contributed by atoms with van der Waals surface area (Å²) in [5.41, 5.74) is 2.57. The highest BCUT2D eigenvalue weighted by atomic mass is 35.5. The molecule has 2 aromatic carbocycles. The molecule has 0 spiro atoms. The number of nitrogens with zero attached hydrogens (tertiary/aromatic N) is 2. The highest BCUT2D eigenvalue weighted by Gasteiger charge is 2.27. The number of aromatic nitrogens is 2. The van der Waals surface area contributed by atoms with E-state index in [4.69, 9.17) is 11.6 Å². The van der Waals surface area contributed by atoms with Crippen molar-refractivity contribution in [3.63, 3.8) is 0 Å². The van der Waals surface area contributed by atoms with Crippen molar-refractivity contribution in [3.8, 4) is 17.0 Å². The Hall–Kier alpha value is -3.32. The lowest BCUT2D eigenvalue weighted by Crippen LogP contribution is -2.31. The lowest BCUT2D eigenvalue weighted by atomic mass is 9.82. The lowest BCUT2D eigenvalue weighted by Gasteiger charge is -2.25. The zero-order valence-electron chi connectivity index (χ0n) is 17.1. The van der Waals surface area contributed by atoms with Crippen LogP contribution in [0.2, 0.25) is 5.02 Å². The van der Waals surface area contributed by atoms with Gasteiger partial charge >= 0.3 is 6.03 Å². The minimum absolute atomic E-state index is 0.0106. The van der Waals surface area contributed by atoms with Crippen LogP contribution in [0.25, 0.3) is 11.3 Å². The van der Waals surface area contributed by atoms with E-state index in [0.717, 1.165) is 25.0 Å². The highest BCUT2D eigenvalue weighted by Crippen LogP contribution is 2.39. The Morgan fingerprint density at radius 2 is 1.97 bits per heavy atom. The predicted octanol–water partition coefficient (Wildman–Crippen LogP) is 5.01. The first-order valence-electron chi connectivity index (χ1n) is 10.3. The van der Waals surface area contributed by atoms with Gasteiger partial charge in [-0.15, -0.1) is 0 Å². The largest absolute Gasteiger partial charge is 0.507 e. The van der Waals surface area contributed by atoms with E-state index in [1.165, 1.54) is 10.7 Å². The third kappa shape index (κ3) is 4.27. The first-order valence-corrected chi connectivity index (χ1v) is 10.6. The summed E-state index contributed by atoms with van der Waals surface area (Å²) in [4.78, 5) is 25.1. The summed E-state index contributed by atoms with van der Waals surface area (Å²) in [5, 5.41) is 20.8. The fraction of sp³-hybridized carbons (Fsp3) is 0.261. The van der Waals surface area contributed by atoms with Gasteiger partial charge in [0.25, 0.3) is 5.91 Å². The van der Waals surface area contributed by atoms with Gasteiger partial charge in [0.05, 0.1) is 22.0 Å². The maximum atomic E-state index is 12.6. The van der Waals surface area contributed by atoms with Crippen molar-refractivity contribution in [2.45, 2.75) is 32.1 Å². The molecule has 0 atom stereocenters. The van der Waals surface area contributed by atoms with Crippen molar-refractivity contribution in [2.75, 3.05) is 11.9 Å². The number of phenols is 1. The summed E-state index contributed by atoms with van der Waals surface area (Å²) < 4.78 is 1.39. The average molecular weight is 439 g/mol. The van der Waals surface area contributed by atoms with Crippen LogP contribution in [0, 0.1) is 0 Å². The van der Waals surface area contributed by atoms with Crippen LogP contribution < -0.4 is 10.6 Å². The van der Waals surface area contributed by atoms with Crippen LogP contribution in [-0.4, -0.2) is 33.4 Å². The molecular weight excluding hydrogens is 416 g/mol. The van der Waals surface area contributed by atoms with Gasteiger partial charge in [-0.25, -0.2) is 4.79 Å². The lowest BCUT2D eigenvalue weighted by molar-refractivity contribution is 0.102. The number of amides is 2. The Morgan fingerprint density at radius 1 is 1.19 bits per heavy atom. The second kappa shape index (κ2) is 8.81. The Balaban J connectivity index is 1.66. The number of phenolic OH excluding ortho intramolecular Hbond substituents is 1. The van der Waals surface area contributed by atoms with E-state index in [1.54, 1.807) is 36.4 Å². The van der Waals surface area contributed by atoms with Gasteiger partial charge in [0.2, 0.25) is 0 Å². The van der Waals surface area contributed by atoms with Crippen LogP contribution in [-0.2, 0) is 0 Å². The summed E-state index contributed by atoms with van der Waals surface area (Å²) >= 11 is 6.11. The SMILES string of the molecule is CCNC(=O)n1nc(-c2cc(NC(=O)c3ccccc3Cl)ccc2O)cc1C1CCC1. The van der Waals surface area contributed by atoms with E-state index in [9.17, 15) is 14.7 Å². The summed E-state index contributed by atoms with van der Waals surface area (Å²) in [6.45, 7) is 2.34. The molecule has 1 aromatic heterocycles. The van der Waals surface area contributed by atoms with Gasteiger partial charge in [-0.3, -0.25) is 4.79 Å². The summed E-state index contributed by atoms with van der Waals surface area (Å²) in [5.74, 6) is -0.0733. The topological polar surface area (TPSA) is 96.3 Å². The van der Waals surface area contributed by atoms with Gasteiger partial charge in [0, 0.05) is 23.7 Å². The zero-order valence-corrected chi connectivity index (χ0v) is 17.8. The highest BCUT2D eigenvalue weighted by molar-refractivity contribution is 6.34. The Kier molecular flexibility index (Phi) is 5.95. The first-order chi connectivity index (χ1) is 15.0. The molecule has 1 aliphatic rings. The Morgan fingerprint density at radius 3 is 2.65 bits per heavy atom. The Labute approximate surface area is 185 Å². The van der Waals surface area contributed by atoms with Gasteiger partial charge in [-0.1, -0.05) is 30.2 Å². The molecule has 1 saturated carbocycles. The monoisotopic (exact) mass is 438 g/mol. The van der Waals surface area contributed by atoms with Crippen LogP contribution in [0.15, 0.2) is 48.5 Å². The van der Waals surface area contributed by atoms with Crippen molar-refractivity contribution < 1.29 is 14.7 Å². The second-order valence-electron chi connectivity index (χ2n) is 7.50.